The van der Waals surface area contributed by atoms with Gasteiger partial charge in [0.25, 0.3) is 11.6 Å². The number of halogens is 2. The molecule has 0 heterocycles. The van der Waals surface area contributed by atoms with Crippen LogP contribution in [-0.2, 0) is 6.54 Å². The molecule has 0 saturated heterocycles. The molecule has 3 aromatic rings. The maximum atomic E-state index is 12.5. The van der Waals surface area contributed by atoms with Gasteiger partial charge in [-0.3, -0.25) is 14.9 Å². The molecule has 0 aliphatic heterocycles. The first-order valence-corrected chi connectivity index (χ1v) is 9.05. The van der Waals surface area contributed by atoms with Crippen LogP contribution in [0.25, 0.3) is 10.8 Å². The van der Waals surface area contributed by atoms with Crippen molar-refractivity contribution in [2.45, 2.75) is 6.54 Å². The summed E-state index contributed by atoms with van der Waals surface area (Å²) < 4.78 is 6.37. The molecule has 0 aliphatic carbocycles. The number of amides is 1. The minimum absolute atomic E-state index is 0.0159. The molecule has 1 N–H and O–H groups in total. The van der Waals surface area contributed by atoms with Gasteiger partial charge in [-0.05, 0) is 41.1 Å². The van der Waals surface area contributed by atoms with Crippen LogP contribution in [-0.4, -0.2) is 17.9 Å². The lowest BCUT2D eigenvalue weighted by Gasteiger charge is -2.13. The van der Waals surface area contributed by atoms with Gasteiger partial charge in [-0.25, -0.2) is 0 Å². The summed E-state index contributed by atoms with van der Waals surface area (Å²) in [6.07, 6.45) is 0. The Bertz CT molecular complexity index is 1060. The lowest BCUT2D eigenvalue weighted by molar-refractivity contribution is -0.384. The van der Waals surface area contributed by atoms with Crippen molar-refractivity contribution >= 4 is 49.9 Å². The Balaban J connectivity index is 1.89. The molecule has 0 aliphatic rings. The Morgan fingerprint density at radius 1 is 1.22 bits per heavy atom. The third-order valence-electron chi connectivity index (χ3n) is 4.10. The fourth-order valence-electron chi connectivity index (χ4n) is 2.78. The van der Waals surface area contributed by atoms with E-state index in [1.54, 1.807) is 7.11 Å². The van der Waals surface area contributed by atoms with Crippen molar-refractivity contribution in [3.05, 3.63) is 79.3 Å². The summed E-state index contributed by atoms with van der Waals surface area (Å²) >= 11 is 9.24. The molecule has 0 saturated carbocycles. The molecule has 6 nitrogen and oxygen atoms in total. The van der Waals surface area contributed by atoms with Gasteiger partial charge in [-0.1, -0.05) is 39.7 Å². The van der Waals surface area contributed by atoms with Crippen LogP contribution in [0.4, 0.5) is 5.69 Å². The molecule has 0 bridgehead atoms. The average Bonchev–Trinajstić information content (AvgIpc) is 2.65. The number of nitro groups is 1. The minimum atomic E-state index is -0.620. The normalized spacial score (nSPS) is 10.6. The Morgan fingerprint density at radius 3 is 2.70 bits per heavy atom. The van der Waals surface area contributed by atoms with Crippen LogP contribution in [0.5, 0.6) is 5.75 Å². The number of nitrogens with zero attached hydrogens (tertiary/aromatic N) is 1. The first-order valence-electron chi connectivity index (χ1n) is 7.88. The number of carbonyl (C=O) groups is 1. The summed E-state index contributed by atoms with van der Waals surface area (Å²) in [5, 5.41) is 15.7. The van der Waals surface area contributed by atoms with Gasteiger partial charge in [-0.15, -0.1) is 0 Å². The lowest BCUT2D eigenvalue weighted by atomic mass is 10.0. The van der Waals surface area contributed by atoms with E-state index in [1.807, 2.05) is 30.3 Å². The quantitative estimate of drug-likeness (QED) is 0.434. The van der Waals surface area contributed by atoms with E-state index < -0.39 is 10.8 Å². The van der Waals surface area contributed by atoms with Crippen LogP contribution in [0.1, 0.15) is 15.9 Å². The van der Waals surface area contributed by atoms with Crippen LogP contribution in [0.3, 0.4) is 0 Å². The monoisotopic (exact) mass is 448 g/mol. The number of nitro benzene ring substituents is 1. The number of methoxy groups -OCH3 is 1. The Kier molecular flexibility index (Phi) is 5.62. The highest BCUT2D eigenvalue weighted by molar-refractivity contribution is 9.10. The van der Waals surface area contributed by atoms with E-state index >= 15 is 0 Å². The van der Waals surface area contributed by atoms with E-state index in [2.05, 4.69) is 21.2 Å². The Morgan fingerprint density at radius 2 is 2.00 bits per heavy atom. The minimum Gasteiger partial charge on any atom is -0.496 e. The Labute approximate surface area is 168 Å². The van der Waals surface area contributed by atoms with Crippen LogP contribution < -0.4 is 10.1 Å². The number of hydrogen-bond donors (Lipinski definition) is 1. The number of ether oxygens (including phenoxy) is 1. The predicted molar refractivity (Wildman–Crippen MR) is 107 cm³/mol. The second-order valence-corrected chi connectivity index (χ2v) is 7.04. The number of carbonyl (C=O) groups excluding carboxylic acids is 1. The smallest absolute Gasteiger partial charge is 0.288 e. The van der Waals surface area contributed by atoms with Crippen LogP contribution >= 0.6 is 27.5 Å². The SMILES string of the molecule is COc1ccc2cc(Br)ccc2c1CNC(=O)c1ccc(Cl)c([N+](=O)[O-])c1. The third kappa shape index (κ3) is 4.04. The van der Waals surface area contributed by atoms with Gasteiger partial charge in [0, 0.05) is 28.2 Å². The summed E-state index contributed by atoms with van der Waals surface area (Å²) in [5.41, 5.74) is 0.671. The molecule has 0 unspecified atom stereocenters. The highest BCUT2D eigenvalue weighted by atomic mass is 79.9. The molecule has 8 heteroatoms. The van der Waals surface area contributed by atoms with Gasteiger partial charge < -0.3 is 10.1 Å². The highest BCUT2D eigenvalue weighted by Gasteiger charge is 2.17. The molecule has 1 amide bonds. The summed E-state index contributed by atoms with van der Waals surface area (Å²) in [4.78, 5) is 22.9. The van der Waals surface area contributed by atoms with Crippen molar-refractivity contribution in [1.29, 1.82) is 0 Å². The maximum absolute atomic E-state index is 12.5. The van der Waals surface area contributed by atoms with Crippen LogP contribution in [0.2, 0.25) is 5.02 Å². The highest BCUT2D eigenvalue weighted by Crippen LogP contribution is 2.30. The second-order valence-electron chi connectivity index (χ2n) is 5.72. The van der Waals surface area contributed by atoms with E-state index in [1.165, 1.54) is 12.1 Å². The van der Waals surface area contributed by atoms with E-state index in [9.17, 15) is 14.9 Å². The molecule has 0 atom stereocenters. The first-order chi connectivity index (χ1) is 12.9. The van der Waals surface area contributed by atoms with Gasteiger partial charge in [0.1, 0.15) is 10.8 Å². The number of fused-ring (bicyclic) bond motifs is 1. The predicted octanol–water partition coefficient (Wildman–Crippen LogP) is 5.10. The zero-order valence-corrected chi connectivity index (χ0v) is 16.5. The topological polar surface area (TPSA) is 81.5 Å². The maximum Gasteiger partial charge on any atom is 0.288 e. The largest absolute Gasteiger partial charge is 0.496 e. The third-order valence-corrected chi connectivity index (χ3v) is 4.91. The van der Waals surface area contributed by atoms with E-state index in [0.29, 0.717) is 5.75 Å². The van der Waals surface area contributed by atoms with E-state index in [0.717, 1.165) is 26.9 Å². The zero-order chi connectivity index (χ0) is 19.6. The first kappa shape index (κ1) is 19.1. The van der Waals surface area contributed by atoms with Crippen molar-refractivity contribution < 1.29 is 14.5 Å². The number of rotatable bonds is 5. The fraction of sp³-hybridized carbons (Fsp3) is 0.105. The van der Waals surface area contributed by atoms with Crippen molar-refractivity contribution in [1.82, 2.24) is 5.32 Å². The molecule has 0 radical (unpaired) electrons. The number of benzene rings is 3. The van der Waals surface area contributed by atoms with Gasteiger partial charge in [0.05, 0.1) is 12.0 Å². The standard InChI is InChI=1S/C19H14BrClN2O4/c1-27-18-7-3-11-8-13(20)4-5-14(11)15(18)10-22-19(24)12-2-6-16(21)17(9-12)23(25)26/h2-9H,10H2,1H3,(H,22,24). The van der Waals surface area contributed by atoms with Crippen molar-refractivity contribution in [2.75, 3.05) is 7.11 Å². The van der Waals surface area contributed by atoms with E-state index in [4.69, 9.17) is 16.3 Å². The zero-order valence-electron chi connectivity index (χ0n) is 14.2. The number of hydrogen-bond acceptors (Lipinski definition) is 4. The Hall–Kier alpha value is -2.64. The van der Waals surface area contributed by atoms with Crippen molar-refractivity contribution in [2.24, 2.45) is 0 Å². The molecule has 27 heavy (non-hydrogen) atoms. The lowest BCUT2D eigenvalue weighted by Crippen LogP contribution is -2.23. The summed E-state index contributed by atoms with van der Waals surface area (Å²) in [6.45, 7) is 0.206. The average molecular weight is 450 g/mol. The van der Waals surface area contributed by atoms with Crippen molar-refractivity contribution in [3.8, 4) is 5.75 Å². The molecule has 0 aromatic heterocycles. The molecule has 3 rings (SSSR count). The van der Waals surface area contributed by atoms with Gasteiger partial charge in [0.15, 0.2) is 0 Å². The molecule has 0 spiro atoms. The molecular weight excluding hydrogens is 436 g/mol. The van der Waals surface area contributed by atoms with Gasteiger partial charge in [-0.2, -0.15) is 0 Å². The molecule has 0 fully saturated rings. The molecule has 3 aromatic carbocycles. The summed E-state index contributed by atoms with van der Waals surface area (Å²) in [5.74, 6) is 0.207. The molecular formula is C19H14BrClN2O4. The van der Waals surface area contributed by atoms with E-state index in [-0.39, 0.29) is 22.8 Å². The van der Waals surface area contributed by atoms with Crippen molar-refractivity contribution in [3.63, 3.8) is 0 Å². The van der Waals surface area contributed by atoms with Gasteiger partial charge >= 0.3 is 0 Å². The summed E-state index contributed by atoms with van der Waals surface area (Å²) in [6, 6.07) is 13.5. The molecule has 138 valence electrons. The fourth-order valence-corrected chi connectivity index (χ4v) is 3.35. The van der Waals surface area contributed by atoms with Crippen LogP contribution in [0, 0.1) is 10.1 Å². The number of nitrogens with one attached hydrogen (secondary N) is 1. The van der Waals surface area contributed by atoms with Gasteiger partial charge in [0.2, 0.25) is 0 Å². The van der Waals surface area contributed by atoms with Crippen LogP contribution in [0.15, 0.2) is 53.0 Å². The summed E-state index contributed by atoms with van der Waals surface area (Å²) in [7, 11) is 1.56. The second kappa shape index (κ2) is 7.94.